The minimum Gasteiger partial charge on any atom is -0.325 e. The number of rotatable bonds is 4. The summed E-state index contributed by atoms with van der Waals surface area (Å²) in [5.74, 6) is -0.481. The highest BCUT2D eigenvalue weighted by Crippen LogP contribution is 2.36. The molecule has 0 aliphatic heterocycles. The quantitative estimate of drug-likeness (QED) is 0.546. The maximum absolute atomic E-state index is 12.9. The van der Waals surface area contributed by atoms with Gasteiger partial charge in [-0.1, -0.05) is 11.8 Å². The van der Waals surface area contributed by atoms with Crippen LogP contribution in [0.3, 0.4) is 0 Å². The van der Waals surface area contributed by atoms with Gasteiger partial charge in [-0.05, 0) is 50.6 Å². The lowest BCUT2D eigenvalue weighted by atomic mass is 10.2. The van der Waals surface area contributed by atoms with Crippen LogP contribution < -0.4 is 5.32 Å². The molecule has 2 aromatic heterocycles. The van der Waals surface area contributed by atoms with Crippen LogP contribution in [0.4, 0.5) is 10.1 Å². The van der Waals surface area contributed by atoms with E-state index in [1.165, 1.54) is 35.1 Å². The molecule has 0 saturated heterocycles. The van der Waals surface area contributed by atoms with Crippen LogP contribution in [0, 0.1) is 19.7 Å². The summed E-state index contributed by atoms with van der Waals surface area (Å²) in [6.45, 7) is 5.93. The number of fused-ring (bicyclic) bond motifs is 1. The number of thiophene rings is 1. The number of nitrogens with zero attached hydrogens (tertiary/aromatic N) is 2. The third kappa shape index (κ3) is 3.42. The van der Waals surface area contributed by atoms with Crippen LogP contribution in [0.25, 0.3) is 10.2 Å². The number of hydrogen-bond donors (Lipinski definition) is 1. The summed E-state index contributed by atoms with van der Waals surface area (Å²) in [5, 5.41) is 4.28. The monoisotopic (exact) mass is 361 g/mol. The highest BCUT2D eigenvalue weighted by Gasteiger charge is 2.19. The fourth-order valence-corrected chi connectivity index (χ4v) is 4.28. The average Bonchev–Trinajstić information content (AvgIpc) is 2.85. The Balaban J connectivity index is 1.78. The van der Waals surface area contributed by atoms with Crippen LogP contribution >= 0.6 is 23.1 Å². The Morgan fingerprint density at radius 3 is 2.67 bits per heavy atom. The Labute approximate surface area is 147 Å². The Morgan fingerprint density at radius 2 is 1.96 bits per heavy atom. The molecule has 0 fully saturated rings. The van der Waals surface area contributed by atoms with Crippen LogP contribution in [0.1, 0.15) is 17.4 Å². The minimum atomic E-state index is -0.340. The zero-order chi connectivity index (χ0) is 17.3. The number of amides is 1. The van der Waals surface area contributed by atoms with Gasteiger partial charge in [-0.3, -0.25) is 4.79 Å². The molecule has 1 N–H and O–H groups in total. The first-order valence-electron chi connectivity index (χ1n) is 7.39. The molecule has 1 aromatic carbocycles. The van der Waals surface area contributed by atoms with E-state index in [0.29, 0.717) is 5.69 Å². The van der Waals surface area contributed by atoms with Gasteiger partial charge in [0.25, 0.3) is 0 Å². The molecule has 0 unspecified atom stereocenters. The molecule has 2 heterocycles. The molecule has 3 rings (SSSR count). The van der Waals surface area contributed by atoms with E-state index in [9.17, 15) is 9.18 Å². The topological polar surface area (TPSA) is 54.9 Å². The predicted molar refractivity (Wildman–Crippen MR) is 97.2 cm³/mol. The number of carbonyl (C=O) groups is 1. The zero-order valence-electron chi connectivity index (χ0n) is 13.5. The van der Waals surface area contributed by atoms with Crippen molar-refractivity contribution in [2.24, 2.45) is 0 Å². The van der Waals surface area contributed by atoms with Crippen molar-refractivity contribution in [3.63, 3.8) is 0 Å². The molecule has 0 bridgehead atoms. The van der Waals surface area contributed by atoms with Crippen molar-refractivity contribution < 1.29 is 9.18 Å². The standard InChI is InChI=1S/C17H16FN3OS2/c1-9-10(2)23-16-14(9)17(20-8-19-16)24-11(3)15(22)21-13-6-4-12(18)5-7-13/h4-8,11H,1-3H3,(H,21,22)/t11-/m0/s1. The number of nitrogens with one attached hydrogen (secondary N) is 1. The lowest BCUT2D eigenvalue weighted by molar-refractivity contribution is -0.115. The lowest BCUT2D eigenvalue weighted by Gasteiger charge is -2.12. The molecular weight excluding hydrogens is 345 g/mol. The number of benzene rings is 1. The van der Waals surface area contributed by atoms with E-state index in [0.717, 1.165) is 20.8 Å². The molecule has 3 aromatic rings. The summed E-state index contributed by atoms with van der Waals surface area (Å²) in [6.07, 6.45) is 1.53. The summed E-state index contributed by atoms with van der Waals surface area (Å²) >= 11 is 3.03. The Morgan fingerprint density at radius 1 is 1.25 bits per heavy atom. The first kappa shape index (κ1) is 16.9. The van der Waals surface area contributed by atoms with Crippen molar-refractivity contribution in [3.8, 4) is 0 Å². The third-order valence-electron chi connectivity index (χ3n) is 3.70. The van der Waals surface area contributed by atoms with Crippen LogP contribution in [0.5, 0.6) is 0 Å². The van der Waals surface area contributed by atoms with Gasteiger partial charge in [-0.2, -0.15) is 0 Å². The van der Waals surface area contributed by atoms with Crippen LogP contribution in [0.2, 0.25) is 0 Å². The highest BCUT2D eigenvalue weighted by atomic mass is 32.2. The molecule has 0 aliphatic rings. The molecule has 1 atom stereocenters. The van der Waals surface area contributed by atoms with Crippen molar-refractivity contribution in [1.82, 2.24) is 9.97 Å². The Bertz CT molecular complexity index is 893. The second-order valence-corrected chi connectivity index (χ2v) is 7.93. The number of thioether (sulfide) groups is 1. The van der Waals surface area contributed by atoms with Crippen molar-refractivity contribution in [2.75, 3.05) is 5.32 Å². The highest BCUT2D eigenvalue weighted by molar-refractivity contribution is 8.00. The van der Waals surface area contributed by atoms with E-state index in [2.05, 4.69) is 22.2 Å². The van der Waals surface area contributed by atoms with Crippen LogP contribution in [-0.2, 0) is 4.79 Å². The summed E-state index contributed by atoms with van der Waals surface area (Å²) in [4.78, 5) is 23.2. The maximum atomic E-state index is 12.9. The number of aryl methyl sites for hydroxylation is 2. The second-order valence-electron chi connectivity index (χ2n) is 5.40. The lowest BCUT2D eigenvalue weighted by Crippen LogP contribution is -2.22. The van der Waals surface area contributed by atoms with Crippen LogP contribution in [-0.4, -0.2) is 21.1 Å². The first-order chi connectivity index (χ1) is 11.5. The number of halogens is 1. The summed E-state index contributed by atoms with van der Waals surface area (Å²) < 4.78 is 12.9. The second kappa shape index (κ2) is 6.86. The van der Waals surface area contributed by atoms with Crippen LogP contribution in [0.15, 0.2) is 35.6 Å². The number of hydrogen-bond acceptors (Lipinski definition) is 5. The number of carbonyl (C=O) groups excluding carboxylic acids is 1. The van der Waals surface area contributed by atoms with Crippen molar-refractivity contribution >= 4 is 44.9 Å². The van der Waals surface area contributed by atoms with Gasteiger partial charge in [-0.25, -0.2) is 14.4 Å². The summed E-state index contributed by atoms with van der Waals surface area (Å²) in [6, 6.07) is 5.72. The molecule has 1 amide bonds. The van der Waals surface area contributed by atoms with E-state index < -0.39 is 0 Å². The number of aromatic nitrogens is 2. The van der Waals surface area contributed by atoms with Crippen molar-refractivity contribution in [1.29, 1.82) is 0 Å². The van der Waals surface area contributed by atoms with Gasteiger partial charge in [-0.15, -0.1) is 11.3 Å². The van der Waals surface area contributed by atoms with Gasteiger partial charge < -0.3 is 5.32 Å². The van der Waals surface area contributed by atoms with Gasteiger partial charge in [0.1, 0.15) is 22.0 Å². The fraction of sp³-hybridized carbons (Fsp3) is 0.235. The third-order valence-corrected chi connectivity index (χ3v) is 5.92. The molecular formula is C17H16FN3OS2. The van der Waals surface area contributed by atoms with E-state index in [4.69, 9.17) is 0 Å². The summed E-state index contributed by atoms with van der Waals surface area (Å²) in [5.41, 5.74) is 1.73. The molecule has 0 aliphatic carbocycles. The van der Waals surface area contributed by atoms with E-state index in [1.54, 1.807) is 23.5 Å². The van der Waals surface area contributed by atoms with Gasteiger partial charge in [0.05, 0.1) is 5.25 Å². The molecule has 0 radical (unpaired) electrons. The molecule has 4 nitrogen and oxygen atoms in total. The average molecular weight is 361 g/mol. The maximum Gasteiger partial charge on any atom is 0.237 e. The van der Waals surface area contributed by atoms with Gasteiger partial charge in [0.15, 0.2) is 0 Å². The minimum absolute atomic E-state index is 0.150. The molecule has 0 spiro atoms. The number of anilines is 1. The van der Waals surface area contributed by atoms with Gasteiger partial charge >= 0.3 is 0 Å². The normalized spacial score (nSPS) is 12.3. The SMILES string of the molecule is Cc1sc2ncnc(S[C@@H](C)C(=O)Nc3ccc(F)cc3)c2c1C. The van der Waals surface area contributed by atoms with Crippen molar-refractivity contribution in [3.05, 3.63) is 46.9 Å². The largest absolute Gasteiger partial charge is 0.325 e. The van der Waals surface area contributed by atoms with Crippen molar-refractivity contribution in [2.45, 2.75) is 31.0 Å². The Hall–Kier alpha value is -1.99. The fourth-order valence-electron chi connectivity index (χ4n) is 2.24. The van der Waals surface area contributed by atoms with E-state index in [-0.39, 0.29) is 17.0 Å². The first-order valence-corrected chi connectivity index (χ1v) is 9.09. The predicted octanol–water partition coefficient (Wildman–Crippen LogP) is 4.57. The molecule has 124 valence electrons. The Kier molecular flexibility index (Phi) is 4.82. The zero-order valence-corrected chi connectivity index (χ0v) is 15.1. The molecule has 24 heavy (non-hydrogen) atoms. The van der Waals surface area contributed by atoms with Gasteiger partial charge in [0, 0.05) is 16.0 Å². The molecule has 7 heteroatoms. The van der Waals surface area contributed by atoms with E-state index in [1.807, 2.05) is 13.8 Å². The summed E-state index contributed by atoms with van der Waals surface area (Å²) in [7, 11) is 0. The molecule has 0 saturated carbocycles. The van der Waals surface area contributed by atoms with Gasteiger partial charge in [0.2, 0.25) is 5.91 Å². The smallest absolute Gasteiger partial charge is 0.237 e. The van der Waals surface area contributed by atoms with E-state index >= 15 is 0 Å².